The zero-order chi connectivity index (χ0) is 14.3. The summed E-state index contributed by atoms with van der Waals surface area (Å²) < 4.78 is 5.39. The van der Waals surface area contributed by atoms with Crippen LogP contribution in [0.2, 0.25) is 0 Å². The number of aromatic amines is 1. The first-order valence-corrected chi connectivity index (χ1v) is 6.68. The van der Waals surface area contributed by atoms with Gasteiger partial charge in [0.15, 0.2) is 0 Å². The summed E-state index contributed by atoms with van der Waals surface area (Å²) in [5, 5.41) is 2.28. The van der Waals surface area contributed by atoms with Gasteiger partial charge >= 0.3 is 5.97 Å². The molecule has 0 unspecified atom stereocenters. The first kappa shape index (κ1) is 12.7. The average Bonchev–Trinajstić information content (AvgIpc) is 2.74. The Morgan fingerprint density at radius 3 is 2.45 bits per heavy atom. The monoisotopic (exact) mass is 267 g/mol. The molecule has 0 radical (unpaired) electrons. The van der Waals surface area contributed by atoms with Gasteiger partial charge in [-0.2, -0.15) is 0 Å². The second kappa shape index (κ2) is 4.37. The number of benzene rings is 2. The van der Waals surface area contributed by atoms with Crippen LogP contribution in [-0.2, 0) is 4.74 Å². The fraction of sp³-hybridized carbons (Fsp3) is 0.235. The first-order chi connectivity index (χ1) is 9.44. The number of para-hydroxylation sites is 1. The highest BCUT2D eigenvalue weighted by Crippen LogP contribution is 2.26. The largest absolute Gasteiger partial charge is 0.456 e. The minimum Gasteiger partial charge on any atom is -0.456 e. The number of nitrogens with one attached hydrogen (secondary N) is 1. The molecule has 0 atom stereocenters. The molecule has 0 amide bonds. The Balaban J connectivity index is 2.07. The second-order valence-electron chi connectivity index (χ2n) is 5.93. The van der Waals surface area contributed by atoms with Gasteiger partial charge in [0.25, 0.3) is 0 Å². The number of aromatic nitrogens is 1. The molecule has 1 heterocycles. The van der Waals surface area contributed by atoms with Crippen LogP contribution in [0.15, 0.2) is 42.5 Å². The van der Waals surface area contributed by atoms with E-state index in [9.17, 15) is 4.79 Å². The van der Waals surface area contributed by atoms with E-state index in [1.807, 2.05) is 57.2 Å². The molecule has 0 aliphatic heterocycles. The van der Waals surface area contributed by atoms with Crippen molar-refractivity contribution in [1.29, 1.82) is 0 Å². The van der Waals surface area contributed by atoms with Crippen LogP contribution in [0, 0.1) is 0 Å². The fourth-order valence-corrected chi connectivity index (χ4v) is 2.32. The molecule has 0 bridgehead atoms. The molecule has 1 N–H and O–H groups in total. The number of rotatable bonds is 1. The molecule has 1 aromatic heterocycles. The Hall–Kier alpha value is -2.29. The highest BCUT2D eigenvalue weighted by Gasteiger charge is 2.18. The van der Waals surface area contributed by atoms with Crippen molar-refractivity contribution in [2.75, 3.05) is 0 Å². The van der Waals surface area contributed by atoms with Crippen LogP contribution < -0.4 is 0 Å². The van der Waals surface area contributed by atoms with Crippen molar-refractivity contribution in [3.8, 4) is 0 Å². The molecule has 3 nitrogen and oxygen atoms in total. The molecule has 0 saturated heterocycles. The Labute approximate surface area is 117 Å². The van der Waals surface area contributed by atoms with Crippen LogP contribution in [0.5, 0.6) is 0 Å². The van der Waals surface area contributed by atoms with Crippen molar-refractivity contribution in [3.63, 3.8) is 0 Å². The summed E-state index contributed by atoms with van der Waals surface area (Å²) in [4.78, 5) is 15.4. The van der Waals surface area contributed by atoms with Crippen molar-refractivity contribution in [2.24, 2.45) is 0 Å². The van der Waals surface area contributed by atoms with E-state index in [1.54, 1.807) is 0 Å². The van der Waals surface area contributed by atoms with E-state index in [1.165, 1.54) is 5.39 Å². The number of esters is 1. The highest BCUT2D eigenvalue weighted by molar-refractivity contribution is 6.08. The van der Waals surface area contributed by atoms with E-state index in [4.69, 9.17) is 4.74 Å². The quantitative estimate of drug-likeness (QED) is 0.669. The summed E-state index contributed by atoms with van der Waals surface area (Å²) in [7, 11) is 0. The van der Waals surface area contributed by atoms with Gasteiger partial charge in [-0.1, -0.05) is 24.3 Å². The zero-order valence-electron chi connectivity index (χ0n) is 11.9. The van der Waals surface area contributed by atoms with Gasteiger partial charge in [-0.05, 0) is 39.0 Å². The molecule has 3 aromatic rings. The van der Waals surface area contributed by atoms with Crippen molar-refractivity contribution in [1.82, 2.24) is 4.98 Å². The molecule has 2 aromatic carbocycles. The number of carbonyl (C=O) groups excluding carboxylic acids is 1. The fourth-order valence-electron chi connectivity index (χ4n) is 2.32. The van der Waals surface area contributed by atoms with E-state index in [2.05, 4.69) is 11.1 Å². The lowest BCUT2D eigenvalue weighted by Gasteiger charge is -2.19. The third-order valence-corrected chi connectivity index (χ3v) is 3.14. The minimum absolute atomic E-state index is 0.293. The van der Waals surface area contributed by atoms with Crippen molar-refractivity contribution in [3.05, 3.63) is 48.0 Å². The maximum absolute atomic E-state index is 12.1. The predicted molar refractivity (Wildman–Crippen MR) is 81.0 cm³/mol. The normalized spacial score (nSPS) is 11.9. The summed E-state index contributed by atoms with van der Waals surface area (Å²) in [5.74, 6) is -0.293. The Morgan fingerprint density at radius 2 is 1.70 bits per heavy atom. The van der Waals surface area contributed by atoms with Crippen molar-refractivity contribution in [2.45, 2.75) is 26.4 Å². The van der Waals surface area contributed by atoms with Crippen LogP contribution in [-0.4, -0.2) is 16.6 Å². The summed E-state index contributed by atoms with van der Waals surface area (Å²) in [5.41, 5.74) is 2.12. The van der Waals surface area contributed by atoms with Crippen LogP contribution in [0.4, 0.5) is 0 Å². The van der Waals surface area contributed by atoms with Crippen LogP contribution in [0.1, 0.15) is 31.1 Å². The summed E-state index contributed by atoms with van der Waals surface area (Å²) >= 11 is 0. The SMILES string of the molecule is CC(C)(C)OC(=O)c1ccc2c(c1)[nH]c1ccccc12. The second-order valence-corrected chi connectivity index (χ2v) is 5.93. The van der Waals surface area contributed by atoms with Gasteiger partial charge < -0.3 is 9.72 Å². The first-order valence-electron chi connectivity index (χ1n) is 6.68. The van der Waals surface area contributed by atoms with Gasteiger partial charge in [0.1, 0.15) is 5.60 Å². The number of ether oxygens (including phenoxy) is 1. The third-order valence-electron chi connectivity index (χ3n) is 3.14. The van der Waals surface area contributed by atoms with E-state index in [0.717, 1.165) is 16.4 Å². The lowest BCUT2D eigenvalue weighted by molar-refractivity contribution is 0.00697. The molecule has 3 heteroatoms. The van der Waals surface area contributed by atoms with Gasteiger partial charge in [-0.3, -0.25) is 0 Å². The Bertz CT molecular complexity index is 793. The molecule has 20 heavy (non-hydrogen) atoms. The molecular weight excluding hydrogens is 250 g/mol. The number of H-pyrrole nitrogens is 1. The lowest BCUT2D eigenvalue weighted by atomic mass is 10.1. The van der Waals surface area contributed by atoms with Gasteiger partial charge in [-0.25, -0.2) is 4.79 Å². The molecule has 0 saturated carbocycles. The topological polar surface area (TPSA) is 42.1 Å². The molecule has 0 aliphatic carbocycles. The third kappa shape index (κ3) is 2.27. The van der Waals surface area contributed by atoms with E-state index < -0.39 is 5.60 Å². The number of hydrogen-bond acceptors (Lipinski definition) is 2. The number of fused-ring (bicyclic) bond motifs is 3. The number of hydrogen-bond donors (Lipinski definition) is 1. The zero-order valence-corrected chi connectivity index (χ0v) is 11.9. The van der Waals surface area contributed by atoms with Crippen molar-refractivity contribution < 1.29 is 9.53 Å². The van der Waals surface area contributed by atoms with E-state index in [0.29, 0.717) is 5.56 Å². The van der Waals surface area contributed by atoms with Gasteiger partial charge in [-0.15, -0.1) is 0 Å². The molecule has 0 aliphatic rings. The molecule has 0 spiro atoms. The summed E-state index contributed by atoms with van der Waals surface area (Å²) in [6.07, 6.45) is 0. The Morgan fingerprint density at radius 1 is 1.00 bits per heavy atom. The Kier molecular flexibility index (Phi) is 2.78. The van der Waals surface area contributed by atoms with E-state index >= 15 is 0 Å². The lowest BCUT2D eigenvalue weighted by Crippen LogP contribution is -2.23. The van der Waals surface area contributed by atoms with Crippen LogP contribution >= 0.6 is 0 Å². The van der Waals surface area contributed by atoms with E-state index in [-0.39, 0.29) is 5.97 Å². The molecule has 0 fully saturated rings. The minimum atomic E-state index is -0.480. The molecular formula is C17H17NO2. The highest BCUT2D eigenvalue weighted by atomic mass is 16.6. The number of carbonyl (C=O) groups is 1. The van der Waals surface area contributed by atoms with Gasteiger partial charge in [0, 0.05) is 21.8 Å². The maximum atomic E-state index is 12.1. The average molecular weight is 267 g/mol. The van der Waals surface area contributed by atoms with Crippen molar-refractivity contribution >= 4 is 27.8 Å². The maximum Gasteiger partial charge on any atom is 0.338 e. The van der Waals surface area contributed by atoms with Gasteiger partial charge in [0.05, 0.1) is 5.56 Å². The smallest absolute Gasteiger partial charge is 0.338 e. The predicted octanol–water partition coefficient (Wildman–Crippen LogP) is 4.28. The summed E-state index contributed by atoms with van der Waals surface area (Å²) in [6, 6.07) is 13.7. The summed E-state index contributed by atoms with van der Waals surface area (Å²) in [6.45, 7) is 5.60. The van der Waals surface area contributed by atoms with Gasteiger partial charge in [0.2, 0.25) is 0 Å². The van der Waals surface area contributed by atoms with Crippen LogP contribution in [0.25, 0.3) is 21.8 Å². The molecule has 3 rings (SSSR count). The standard InChI is InChI=1S/C17H17NO2/c1-17(2,3)20-16(19)11-8-9-13-12-6-4-5-7-14(12)18-15(13)10-11/h4-10,18H,1-3H3. The van der Waals surface area contributed by atoms with Crippen LogP contribution in [0.3, 0.4) is 0 Å². The molecule has 102 valence electrons.